The minimum Gasteiger partial charge on any atom is -0.306 e. The molecular formula is C16H15N3O2. The van der Waals surface area contributed by atoms with Gasteiger partial charge in [0.05, 0.1) is 11.6 Å². The number of nitrogens with zero attached hydrogens (tertiary/aromatic N) is 2. The number of hydrogen-bond acceptors (Lipinski definition) is 3. The number of nitriles is 1. The smallest absolute Gasteiger partial charge is 0.306 e. The maximum absolute atomic E-state index is 11.9. The van der Waals surface area contributed by atoms with Crippen LogP contribution in [0.2, 0.25) is 0 Å². The van der Waals surface area contributed by atoms with E-state index in [9.17, 15) is 4.79 Å². The number of anilines is 1. The van der Waals surface area contributed by atoms with E-state index in [1.807, 2.05) is 36.4 Å². The summed E-state index contributed by atoms with van der Waals surface area (Å²) in [7, 11) is 1.53. The van der Waals surface area contributed by atoms with Gasteiger partial charge in [0.15, 0.2) is 0 Å². The topological polar surface area (TPSA) is 65.4 Å². The molecule has 5 nitrogen and oxygen atoms in total. The van der Waals surface area contributed by atoms with Crippen molar-refractivity contribution in [3.8, 4) is 6.07 Å². The van der Waals surface area contributed by atoms with Crippen LogP contribution < -0.4 is 5.32 Å². The van der Waals surface area contributed by atoms with Gasteiger partial charge in [-0.3, -0.25) is 4.84 Å². The van der Waals surface area contributed by atoms with Crippen LogP contribution in [0.1, 0.15) is 11.1 Å². The summed E-state index contributed by atoms with van der Waals surface area (Å²) in [6.07, 6.45) is 0. The Hall–Kier alpha value is -2.84. The lowest BCUT2D eigenvalue weighted by molar-refractivity contribution is -0.105. The molecule has 0 saturated heterocycles. The summed E-state index contributed by atoms with van der Waals surface area (Å²) in [4.78, 5) is 17.3. The normalized spacial score (nSPS) is 9.71. The Labute approximate surface area is 123 Å². The lowest BCUT2D eigenvalue weighted by atomic mass is 10.2. The number of hydroxylamine groups is 2. The molecular weight excluding hydrogens is 266 g/mol. The van der Waals surface area contributed by atoms with Gasteiger partial charge < -0.3 is 5.32 Å². The fourth-order valence-corrected chi connectivity index (χ4v) is 1.67. The summed E-state index contributed by atoms with van der Waals surface area (Å²) in [6.45, 7) is 0.309. The highest BCUT2D eigenvalue weighted by atomic mass is 16.7. The second-order valence-electron chi connectivity index (χ2n) is 4.38. The van der Waals surface area contributed by atoms with Gasteiger partial charge in [-0.25, -0.2) is 9.86 Å². The summed E-state index contributed by atoms with van der Waals surface area (Å²) in [5.41, 5.74) is 2.01. The number of urea groups is 1. The molecule has 2 aromatic carbocycles. The Bertz CT molecular complexity index is 650. The Balaban J connectivity index is 1.89. The SMILES string of the molecule is CN(OCc1ccccc1)C(=O)Nc1cccc(C#N)c1. The van der Waals surface area contributed by atoms with Crippen molar-refractivity contribution in [2.45, 2.75) is 6.61 Å². The molecule has 0 aliphatic heterocycles. The Morgan fingerprint density at radius 1 is 1.24 bits per heavy atom. The van der Waals surface area contributed by atoms with Crippen molar-refractivity contribution in [3.05, 3.63) is 65.7 Å². The van der Waals surface area contributed by atoms with Crippen LogP contribution >= 0.6 is 0 Å². The zero-order valence-corrected chi connectivity index (χ0v) is 11.6. The molecule has 0 saturated carbocycles. The van der Waals surface area contributed by atoms with Gasteiger partial charge in [-0.05, 0) is 23.8 Å². The molecule has 0 aliphatic rings. The lowest BCUT2D eigenvalue weighted by Gasteiger charge is -2.17. The highest BCUT2D eigenvalue weighted by Gasteiger charge is 2.09. The molecule has 106 valence electrons. The van der Waals surface area contributed by atoms with E-state index >= 15 is 0 Å². The van der Waals surface area contributed by atoms with Crippen LogP contribution in [0.5, 0.6) is 0 Å². The van der Waals surface area contributed by atoms with E-state index in [2.05, 4.69) is 5.32 Å². The van der Waals surface area contributed by atoms with Gasteiger partial charge in [0.25, 0.3) is 0 Å². The maximum Gasteiger partial charge on any atom is 0.345 e. The van der Waals surface area contributed by atoms with Crippen molar-refractivity contribution in [1.82, 2.24) is 5.06 Å². The third kappa shape index (κ3) is 4.34. The highest BCUT2D eigenvalue weighted by Crippen LogP contribution is 2.11. The van der Waals surface area contributed by atoms with E-state index in [0.717, 1.165) is 10.6 Å². The maximum atomic E-state index is 11.9. The van der Waals surface area contributed by atoms with Crippen molar-refractivity contribution >= 4 is 11.7 Å². The highest BCUT2D eigenvalue weighted by molar-refractivity contribution is 5.88. The van der Waals surface area contributed by atoms with E-state index in [1.165, 1.54) is 7.05 Å². The molecule has 0 unspecified atom stereocenters. The number of carbonyl (C=O) groups excluding carboxylic acids is 1. The number of benzene rings is 2. The van der Waals surface area contributed by atoms with E-state index in [0.29, 0.717) is 17.9 Å². The molecule has 2 rings (SSSR count). The molecule has 0 spiro atoms. The van der Waals surface area contributed by atoms with Crippen LogP contribution in [0.3, 0.4) is 0 Å². The van der Waals surface area contributed by atoms with Gasteiger partial charge >= 0.3 is 6.03 Å². The third-order valence-corrected chi connectivity index (χ3v) is 2.80. The summed E-state index contributed by atoms with van der Waals surface area (Å²) in [5, 5.41) is 12.6. The predicted molar refractivity (Wildman–Crippen MR) is 79.2 cm³/mol. The largest absolute Gasteiger partial charge is 0.345 e. The van der Waals surface area contributed by atoms with Crippen molar-refractivity contribution in [1.29, 1.82) is 5.26 Å². The fourth-order valence-electron chi connectivity index (χ4n) is 1.67. The first kappa shape index (κ1) is 14.6. The summed E-state index contributed by atoms with van der Waals surface area (Å²) in [5.74, 6) is 0. The molecule has 21 heavy (non-hydrogen) atoms. The number of nitrogens with one attached hydrogen (secondary N) is 1. The zero-order chi connectivity index (χ0) is 15.1. The molecule has 1 N–H and O–H groups in total. The quantitative estimate of drug-likeness (QED) is 0.875. The Kier molecular flexibility index (Phi) is 4.91. The molecule has 0 radical (unpaired) electrons. The van der Waals surface area contributed by atoms with Gasteiger partial charge in [-0.15, -0.1) is 0 Å². The van der Waals surface area contributed by atoms with E-state index in [4.69, 9.17) is 10.1 Å². The minimum absolute atomic E-state index is 0.309. The average Bonchev–Trinajstić information content (AvgIpc) is 2.53. The first-order valence-electron chi connectivity index (χ1n) is 6.41. The molecule has 0 heterocycles. The van der Waals surface area contributed by atoms with Crippen LogP contribution in [0.15, 0.2) is 54.6 Å². The predicted octanol–water partition coefficient (Wildman–Crippen LogP) is 3.15. The van der Waals surface area contributed by atoms with Crippen molar-refractivity contribution < 1.29 is 9.63 Å². The van der Waals surface area contributed by atoms with Crippen molar-refractivity contribution in [2.24, 2.45) is 0 Å². The van der Waals surface area contributed by atoms with Gasteiger partial charge in [0.1, 0.15) is 6.61 Å². The number of rotatable bonds is 4. The summed E-state index contributed by atoms with van der Waals surface area (Å²) < 4.78 is 0. The molecule has 0 atom stereocenters. The average molecular weight is 281 g/mol. The molecule has 5 heteroatoms. The van der Waals surface area contributed by atoms with Crippen molar-refractivity contribution in [2.75, 3.05) is 12.4 Å². The fraction of sp³-hybridized carbons (Fsp3) is 0.125. The number of carbonyl (C=O) groups is 1. The van der Waals surface area contributed by atoms with E-state index in [1.54, 1.807) is 24.3 Å². The van der Waals surface area contributed by atoms with Gasteiger partial charge in [0.2, 0.25) is 0 Å². The molecule has 0 bridgehead atoms. The monoisotopic (exact) mass is 281 g/mol. The summed E-state index contributed by atoms with van der Waals surface area (Å²) in [6, 6.07) is 17.9. The van der Waals surface area contributed by atoms with Gasteiger partial charge in [-0.1, -0.05) is 36.4 Å². The molecule has 2 aromatic rings. The molecule has 0 aliphatic carbocycles. The van der Waals surface area contributed by atoms with E-state index in [-0.39, 0.29) is 0 Å². The summed E-state index contributed by atoms with van der Waals surface area (Å²) >= 11 is 0. The van der Waals surface area contributed by atoms with Crippen LogP contribution in [0.25, 0.3) is 0 Å². The van der Waals surface area contributed by atoms with Crippen LogP contribution in [-0.2, 0) is 11.4 Å². The second-order valence-corrected chi connectivity index (χ2v) is 4.38. The Morgan fingerprint density at radius 2 is 2.00 bits per heavy atom. The number of amides is 2. The molecule has 0 aromatic heterocycles. The van der Waals surface area contributed by atoms with Crippen LogP contribution in [0, 0.1) is 11.3 Å². The minimum atomic E-state index is -0.402. The first-order valence-corrected chi connectivity index (χ1v) is 6.41. The van der Waals surface area contributed by atoms with Crippen LogP contribution in [-0.4, -0.2) is 18.1 Å². The van der Waals surface area contributed by atoms with Crippen molar-refractivity contribution in [3.63, 3.8) is 0 Å². The first-order chi connectivity index (χ1) is 10.2. The second kappa shape index (κ2) is 7.08. The van der Waals surface area contributed by atoms with Gasteiger partial charge in [0, 0.05) is 12.7 Å². The third-order valence-electron chi connectivity index (χ3n) is 2.80. The standard InChI is InChI=1S/C16H15N3O2/c1-19(21-12-13-6-3-2-4-7-13)16(20)18-15-9-5-8-14(10-15)11-17/h2-10H,12H2,1H3,(H,18,20). The van der Waals surface area contributed by atoms with E-state index < -0.39 is 6.03 Å². The zero-order valence-electron chi connectivity index (χ0n) is 11.6. The van der Waals surface area contributed by atoms with Crippen LogP contribution in [0.4, 0.5) is 10.5 Å². The molecule has 2 amide bonds. The number of hydrogen-bond donors (Lipinski definition) is 1. The van der Waals surface area contributed by atoms with Gasteiger partial charge in [-0.2, -0.15) is 5.26 Å². The molecule has 0 fully saturated rings. The Morgan fingerprint density at radius 3 is 2.71 bits per heavy atom. The lowest BCUT2D eigenvalue weighted by Crippen LogP contribution is -2.31.